The lowest BCUT2D eigenvalue weighted by atomic mass is 10.0. The lowest BCUT2D eigenvalue weighted by Crippen LogP contribution is -2.29. The number of rotatable bonds is 5. The van der Waals surface area contributed by atoms with Crippen LogP contribution in [0.25, 0.3) is 0 Å². The van der Waals surface area contributed by atoms with Crippen LogP contribution >= 0.6 is 23.2 Å². The van der Waals surface area contributed by atoms with Crippen LogP contribution in [-0.2, 0) is 17.6 Å². The fraction of sp³-hybridized carbons (Fsp3) is 0.350. The standard InChI is InChI=1S/C20H21Cl2NO/c21-19-6-4-5-16(20(19)22)14-18(24)13-15-7-9-17(10-8-15)23-11-2-1-3-12-23/h4-10H,1-3,11-14H2. The van der Waals surface area contributed by atoms with Crippen molar-refractivity contribution >= 4 is 34.7 Å². The summed E-state index contributed by atoms with van der Waals surface area (Å²) in [5.41, 5.74) is 3.08. The number of carbonyl (C=O) groups is 1. The maximum atomic E-state index is 12.3. The minimum atomic E-state index is 0.143. The van der Waals surface area contributed by atoms with E-state index in [9.17, 15) is 4.79 Å². The molecule has 0 aromatic heterocycles. The van der Waals surface area contributed by atoms with Crippen LogP contribution in [0.5, 0.6) is 0 Å². The van der Waals surface area contributed by atoms with Crippen LogP contribution in [0, 0.1) is 0 Å². The highest BCUT2D eigenvalue weighted by Gasteiger charge is 2.12. The molecule has 0 aliphatic carbocycles. The van der Waals surface area contributed by atoms with Crippen LogP contribution < -0.4 is 4.90 Å². The average molecular weight is 362 g/mol. The van der Waals surface area contributed by atoms with E-state index in [4.69, 9.17) is 23.2 Å². The van der Waals surface area contributed by atoms with Gasteiger partial charge in [0.25, 0.3) is 0 Å². The molecule has 3 rings (SSSR count). The molecule has 0 amide bonds. The van der Waals surface area contributed by atoms with Gasteiger partial charge in [0.1, 0.15) is 5.78 Å². The number of Topliss-reactive ketones (excluding diaryl/α,β-unsaturated/α-hetero) is 1. The monoisotopic (exact) mass is 361 g/mol. The van der Waals surface area contributed by atoms with Crippen LogP contribution in [0.4, 0.5) is 5.69 Å². The molecule has 2 aromatic rings. The minimum Gasteiger partial charge on any atom is -0.372 e. The van der Waals surface area contributed by atoms with Crippen molar-refractivity contribution in [1.29, 1.82) is 0 Å². The minimum absolute atomic E-state index is 0.143. The van der Waals surface area contributed by atoms with Crippen LogP contribution in [0.2, 0.25) is 10.0 Å². The molecule has 0 spiro atoms. The Morgan fingerprint density at radius 3 is 2.33 bits per heavy atom. The van der Waals surface area contributed by atoms with Crippen molar-refractivity contribution in [2.75, 3.05) is 18.0 Å². The molecule has 0 unspecified atom stereocenters. The molecule has 0 radical (unpaired) electrons. The summed E-state index contributed by atoms with van der Waals surface area (Å²) in [6.45, 7) is 2.26. The number of halogens is 2. The Hall–Kier alpha value is -1.51. The number of piperidine rings is 1. The molecule has 0 N–H and O–H groups in total. The first-order valence-corrected chi connectivity index (χ1v) is 9.17. The highest BCUT2D eigenvalue weighted by molar-refractivity contribution is 6.42. The summed E-state index contributed by atoms with van der Waals surface area (Å²) in [6, 6.07) is 13.8. The van der Waals surface area contributed by atoms with Gasteiger partial charge in [-0.1, -0.05) is 47.5 Å². The van der Waals surface area contributed by atoms with Crippen molar-refractivity contribution in [3.63, 3.8) is 0 Å². The highest BCUT2D eigenvalue weighted by atomic mass is 35.5. The topological polar surface area (TPSA) is 20.3 Å². The molecule has 126 valence electrons. The second kappa shape index (κ2) is 8.04. The maximum absolute atomic E-state index is 12.3. The Balaban J connectivity index is 1.61. The van der Waals surface area contributed by atoms with E-state index in [0.29, 0.717) is 22.9 Å². The van der Waals surface area contributed by atoms with Crippen molar-refractivity contribution in [3.05, 3.63) is 63.6 Å². The Labute approximate surface area is 153 Å². The summed E-state index contributed by atoms with van der Waals surface area (Å²) >= 11 is 12.2. The number of hydrogen-bond donors (Lipinski definition) is 0. The summed E-state index contributed by atoms with van der Waals surface area (Å²) < 4.78 is 0. The second-order valence-electron chi connectivity index (χ2n) is 6.32. The highest BCUT2D eigenvalue weighted by Crippen LogP contribution is 2.26. The van der Waals surface area contributed by atoms with Gasteiger partial charge >= 0.3 is 0 Å². The van der Waals surface area contributed by atoms with Crippen molar-refractivity contribution in [2.45, 2.75) is 32.1 Å². The third-order valence-electron chi connectivity index (χ3n) is 4.48. The maximum Gasteiger partial charge on any atom is 0.141 e. The van der Waals surface area contributed by atoms with E-state index < -0.39 is 0 Å². The van der Waals surface area contributed by atoms with Crippen LogP contribution in [0.3, 0.4) is 0 Å². The molecule has 1 saturated heterocycles. The molecule has 1 aliphatic rings. The summed E-state index contributed by atoms with van der Waals surface area (Å²) in [7, 11) is 0. The molecule has 4 heteroatoms. The Morgan fingerprint density at radius 2 is 1.62 bits per heavy atom. The van der Waals surface area contributed by atoms with E-state index in [-0.39, 0.29) is 5.78 Å². The van der Waals surface area contributed by atoms with E-state index in [2.05, 4.69) is 29.2 Å². The van der Waals surface area contributed by atoms with E-state index in [0.717, 1.165) is 24.2 Å². The molecule has 2 aromatic carbocycles. The van der Waals surface area contributed by atoms with Gasteiger partial charge in [-0.25, -0.2) is 0 Å². The second-order valence-corrected chi connectivity index (χ2v) is 7.10. The molecule has 0 saturated carbocycles. The summed E-state index contributed by atoms with van der Waals surface area (Å²) in [5, 5.41) is 0.973. The Morgan fingerprint density at radius 1 is 0.917 bits per heavy atom. The first-order valence-electron chi connectivity index (χ1n) is 8.42. The number of nitrogens with zero attached hydrogens (tertiary/aromatic N) is 1. The first kappa shape index (κ1) is 17.3. The zero-order chi connectivity index (χ0) is 16.9. The van der Waals surface area contributed by atoms with Gasteiger partial charge in [-0.3, -0.25) is 4.79 Å². The first-order chi connectivity index (χ1) is 11.6. The molecule has 0 bridgehead atoms. The number of ketones is 1. The summed E-state index contributed by atoms with van der Waals surface area (Å²) in [5.74, 6) is 0.143. The molecular weight excluding hydrogens is 341 g/mol. The fourth-order valence-electron chi connectivity index (χ4n) is 3.16. The number of hydrogen-bond acceptors (Lipinski definition) is 2. The predicted octanol–water partition coefficient (Wildman–Crippen LogP) is 5.34. The molecule has 0 atom stereocenters. The van der Waals surface area contributed by atoms with Gasteiger partial charge in [0, 0.05) is 31.6 Å². The normalized spacial score (nSPS) is 14.7. The van der Waals surface area contributed by atoms with Gasteiger partial charge in [-0.05, 0) is 48.6 Å². The van der Waals surface area contributed by atoms with Crippen molar-refractivity contribution in [1.82, 2.24) is 0 Å². The molecule has 1 fully saturated rings. The predicted molar refractivity (Wildman–Crippen MR) is 101 cm³/mol. The lowest BCUT2D eigenvalue weighted by Gasteiger charge is -2.28. The lowest BCUT2D eigenvalue weighted by molar-refractivity contribution is -0.117. The van der Waals surface area contributed by atoms with Crippen LogP contribution in [0.1, 0.15) is 30.4 Å². The van der Waals surface area contributed by atoms with E-state index in [1.165, 1.54) is 24.9 Å². The largest absolute Gasteiger partial charge is 0.372 e. The third-order valence-corrected chi connectivity index (χ3v) is 5.34. The number of anilines is 1. The van der Waals surface area contributed by atoms with Crippen molar-refractivity contribution in [3.8, 4) is 0 Å². The van der Waals surface area contributed by atoms with Crippen LogP contribution in [0.15, 0.2) is 42.5 Å². The van der Waals surface area contributed by atoms with Gasteiger partial charge in [0.2, 0.25) is 0 Å². The van der Waals surface area contributed by atoms with Gasteiger partial charge in [-0.15, -0.1) is 0 Å². The molecular formula is C20H21Cl2NO. The van der Waals surface area contributed by atoms with Gasteiger partial charge in [0.05, 0.1) is 10.0 Å². The molecule has 1 heterocycles. The van der Waals surface area contributed by atoms with E-state index >= 15 is 0 Å². The van der Waals surface area contributed by atoms with Crippen molar-refractivity contribution in [2.24, 2.45) is 0 Å². The number of carbonyl (C=O) groups excluding carboxylic acids is 1. The third kappa shape index (κ3) is 4.31. The zero-order valence-corrected chi connectivity index (χ0v) is 15.1. The van der Waals surface area contributed by atoms with Gasteiger partial charge in [0.15, 0.2) is 0 Å². The fourth-order valence-corrected chi connectivity index (χ4v) is 3.55. The average Bonchev–Trinajstić information content (AvgIpc) is 2.60. The van der Waals surface area contributed by atoms with E-state index in [1.807, 2.05) is 12.1 Å². The Bertz CT molecular complexity index is 706. The summed E-state index contributed by atoms with van der Waals surface area (Å²) in [6.07, 6.45) is 4.59. The summed E-state index contributed by atoms with van der Waals surface area (Å²) in [4.78, 5) is 14.7. The zero-order valence-electron chi connectivity index (χ0n) is 13.6. The molecule has 2 nitrogen and oxygen atoms in total. The smallest absolute Gasteiger partial charge is 0.141 e. The SMILES string of the molecule is O=C(Cc1ccc(N2CCCCC2)cc1)Cc1cccc(Cl)c1Cl. The number of benzene rings is 2. The van der Waals surface area contributed by atoms with Crippen LogP contribution in [-0.4, -0.2) is 18.9 Å². The van der Waals surface area contributed by atoms with Gasteiger partial charge in [-0.2, -0.15) is 0 Å². The quantitative estimate of drug-likeness (QED) is 0.716. The molecule has 24 heavy (non-hydrogen) atoms. The van der Waals surface area contributed by atoms with E-state index in [1.54, 1.807) is 6.07 Å². The van der Waals surface area contributed by atoms with Gasteiger partial charge < -0.3 is 4.90 Å². The van der Waals surface area contributed by atoms with Crippen molar-refractivity contribution < 1.29 is 4.79 Å². The Kier molecular flexibility index (Phi) is 5.80. The molecule has 1 aliphatic heterocycles.